The average Bonchev–Trinajstić information content (AvgIpc) is 2.63. The minimum Gasteiger partial charge on any atom is -0.374 e. The van der Waals surface area contributed by atoms with E-state index in [0.29, 0.717) is 0 Å². The van der Waals surface area contributed by atoms with Gasteiger partial charge in [-0.25, -0.2) is 0 Å². The van der Waals surface area contributed by atoms with Crippen molar-refractivity contribution in [1.82, 2.24) is 0 Å². The topological polar surface area (TPSA) is 12.0 Å². The van der Waals surface area contributed by atoms with Gasteiger partial charge in [0.2, 0.25) is 0 Å². The van der Waals surface area contributed by atoms with Gasteiger partial charge in [0, 0.05) is 5.69 Å². The van der Waals surface area contributed by atoms with Gasteiger partial charge >= 0.3 is 0 Å². The molecule has 0 aromatic heterocycles. The molecule has 0 saturated carbocycles. The highest BCUT2D eigenvalue weighted by Gasteiger charge is 2.13. The molecule has 0 aliphatic carbocycles. The number of aryl methyl sites for hydroxylation is 1. The number of benzene rings is 3. The van der Waals surface area contributed by atoms with Crippen molar-refractivity contribution in [2.75, 3.05) is 5.32 Å². The average molecular weight is 301 g/mol. The Morgan fingerprint density at radius 1 is 0.696 bits per heavy atom. The van der Waals surface area contributed by atoms with Crippen LogP contribution < -0.4 is 5.32 Å². The highest BCUT2D eigenvalue weighted by molar-refractivity contribution is 5.50. The van der Waals surface area contributed by atoms with Crippen LogP contribution in [0.1, 0.15) is 36.1 Å². The SMILES string of the molecule is CCCc1ccc(NC(c2ccccc2)c2ccccc2)cc1. The molecule has 0 radical (unpaired) electrons. The molecule has 3 aromatic carbocycles. The fourth-order valence-corrected chi connectivity index (χ4v) is 2.87. The monoisotopic (exact) mass is 301 g/mol. The van der Waals surface area contributed by atoms with Gasteiger partial charge in [0.25, 0.3) is 0 Å². The molecule has 0 fully saturated rings. The van der Waals surface area contributed by atoms with E-state index in [1.54, 1.807) is 0 Å². The first-order valence-corrected chi connectivity index (χ1v) is 8.32. The Balaban J connectivity index is 1.87. The lowest BCUT2D eigenvalue weighted by molar-refractivity contribution is 0.918. The molecule has 0 heterocycles. The van der Waals surface area contributed by atoms with Crippen LogP contribution in [-0.2, 0) is 6.42 Å². The first-order valence-electron chi connectivity index (χ1n) is 8.32. The number of anilines is 1. The van der Waals surface area contributed by atoms with E-state index >= 15 is 0 Å². The van der Waals surface area contributed by atoms with E-state index in [2.05, 4.69) is 97.2 Å². The van der Waals surface area contributed by atoms with Crippen molar-refractivity contribution < 1.29 is 0 Å². The Hall–Kier alpha value is -2.54. The maximum atomic E-state index is 3.68. The van der Waals surface area contributed by atoms with Crippen LogP contribution in [0.25, 0.3) is 0 Å². The van der Waals surface area contributed by atoms with Crippen LogP contribution in [0.15, 0.2) is 84.9 Å². The van der Waals surface area contributed by atoms with E-state index in [0.717, 1.165) is 12.1 Å². The van der Waals surface area contributed by atoms with Gasteiger partial charge in [0.15, 0.2) is 0 Å². The zero-order valence-electron chi connectivity index (χ0n) is 13.6. The third-order valence-corrected chi connectivity index (χ3v) is 4.07. The predicted molar refractivity (Wildman–Crippen MR) is 98.8 cm³/mol. The lowest BCUT2D eigenvalue weighted by atomic mass is 9.98. The summed E-state index contributed by atoms with van der Waals surface area (Å²) in [5.74, 6) is 0. The normalized spacial score (nSPS) is 10.7. The Kier molecular flexibility index (Phi) is 5.10. The van der Waals surface area contributed by atoms with Crippen molar-refractivity contribution >= 4 is 5.69 Å². The highest BCUT2D eigenvalue weighted by Crippen LogP contribution is 2.26. The van der Waals surface area contributed by atoms with Gasteiger partial charge in [-0.15, -0.1) is 0 Å². The molecule has 1 nitrogen and oxygen atoms in total. The molecule has 0 atom stereocenters. The van der Waals surface area contributed by atoms with E-state index in [4.69, 9.17) is 0 Å². The van der Waals surface area contributed by atoms with E-state index in [-0.39, 0.29) is 6.04 Å². The summed E-state index contributed by atoms with van der Waals surface area (Å²) in [6.45, 7) is 2.22. The van der Waals surface area contributed by atoms with Crippen molar-refractivity contribution in [2.24, 2.45) is 0 Å². The summed E-state index contributed by atoms with van der Waals surface area (Å²) in [5.41, 5.74) is 5.10. The molecule has 1 heteroatoms. The van der Waals surface area contributed by atoms with Gasteiger partial charge in [-0.2, -0.15) is 0 Å². The number of rotatable bonds is 6. The lowest BCUT2D eigenvalue weighted by Gasteiger charge is -2.21. The highest BCUT2D eigenvalue weighted by atomic mass is 14.9. The molecule has 116 valence electrons. The summed E-state index contributed by atoms with van der Waals surface area (Å²) in [6, 6.07) is 30.2. The Morgan fingerprint density at radius 2 is 1.22 bits per heavy atom. The van der Waals surface area contributed by atoms with Gasteiger partial charge < -0.3 is 5.32 Å². The summed E-state index contributed by atoms with van der Waals surface area (Å²) >= 11 is 0. The molecule has 0 aliphatic heterocycles. The van der Waals surface area contributed by atoms with Crippen LogP contribution in [0.4, 0.5) is 5.69 Å². The summed E-state index contributed by atoms with van der Waals surface area (Å²) in [5, 5.41) is 3.68. The second-order valence-corrected chi connectivity index (χ2v) is 5.85. The van der Waals surface area contributed by atoms with Gasteiger partial charge in [-0.1, -0.05) is 86.1 Å². The summed E-state index contributed by atoms with van der Waals surface area (Å²) in [4.78, 5) is 0. The number of hydrogen-bond acceptors (Lipinski definition) is 1. The van der Waals surface area contributed by atoms with Crippen LogP contribution in [0, 0.1) is 0 Å². The van der Waals surface area contributed by atoms with E-state index in [1.165, 1.54) is 23.1 Å². The number of nitrogens with one attached hydrogen (secondary N) is 1. The van der Waals surface area contributed by atoms with Crippen LogP contribution in [-0.4, -0.2) is 0 Å². The molecule has 3 aromatic rings. The molecule has 0 saturated heterocycles. The zero-order chi connectivity index (χ0) is 15.9. The van der Waals surface area contributed by atoms with Gasteiger partial charge in [0.1, 0.15) is 0 Å². The molecular weight excluding hydrogens is 278 g/mol. The van der Waals surface area contributed by atoms with Crippen molar-refractivity contribution in [3.63, 3.8) is 0 Å². The zero-order valence-corrected chi connectivity index (χ0v) is 13.6. The smallest absolute Gasteiger partial charge is 0.0767 e. The quantitative estimate of drug-likeness (QED) is 0.603. The van der Waals surface area contributed by atoms with Crippen molar-refractivity contribution in [1.29, 1.82) is 0 Å². The number of hydrogen-bond donors (Lipinski definition) is 1. The van der Waals surface area contributed by atoms with Crippen LogP contribution >= 0.6 is 0 Å². The van der Waals surface area contributed by atoms with E-state index in [9.17, 15) is 0 Å². The molecular formula is C22H23N. The van der Waals surface area contributed by atoms with Gasteiger partial charge in [0.05, 0.1) is 6.04 Å². The second kappa shape index (κ2) is 7.64. The molecule has 0 aliphatic rings. The van der Waals surface area contributed by atoms with E-state index < -0.39 is 0 Å². The Bertz CT molecular complexity index is 662. The van der Waals surface area contributed by atoms with Crippen LogP contribution in [0.2, 0.25) is 0 Å². The third kappa shape index (κ3) is 4.01. The summed E-state index contributed by atoms with van der Waals surface area (Å²) in [6.07, 6.45) is 2.32. The molecule has 0 bridgehead atoms. The maximum absolute atomic E-state index is 3.68. The molecule has 0 spiro atoms. The molecule has 1 N–H and O–H groups in total. The molecule has 23 heavy (non-hydrogen) atoms. The first kappa shape index (κ1) is 15.4. The molecule has 0 amide bonds. The Labute approximate surface area is 139 Å². The van der Waals surface area contributed by atoms with Gasteiger partial charge in [-0.3, -0.25) is 0 Å². The van der Waals surface area contributed by atoms with Crippen molar-refractivity contribution in [2.45, 2.75) is 25.8 Å². The minimum atomic E-state index is 0.162. The second-order valence-electron chi connectivity index (χ2n) is 5.85. The fraction of sp³-hybridized carbons (Fsp3) is 0.182. The van der Waals surface area contributed by atoms with Crippen LogP contribution in [0.3, 0.4) is 0 Å². The lowest BCUT2D eigenvalue weighted by Crippen LogP contribution is -2.12. The van der Waals surface area contributed by atoms with Crippen LogP contribution in [0.5, 0.6) is 0 Å². The predicted octanol–water partition coefficient (Wildman–Crippen LogP) is 5.84. The molecule has 3 rings (SSSR count). The maximum Gasteiger partial charge on any atom is 0.0767 e. The van der Waals surface area contributed by atoms with Crippen molar-refractivity contribution in [3.05, 3.63) is 102 Å². The summed E-state index contributed by atoms with van der Waals surface area (Å²) in [7, 11) is 0. The first-order chi connectivity index (χ1) is 11.4. The fourth-order valence-electron chi connectivity index (χ4n) is 2.87. The van der Waals surface area contributed by atoms with Gasteiger partial charge in [-0.05, 0) is 35.2 Å². The molecule has 0 unspecified atom stereocenters. The largest absolute Gasteiger partial charge is 0.374 e. The Morgan fingerprint density at radius 3 is 1.70 bits per heavy atom. The summed E-state index contributed by atoms with van der Waals surface area (Å²) < 4.78 is 0. The third-order valence-electron chi connectivity index (χ3n) is 4.07. The van der Waals surface area contributed by atoms with Crippen molar-refractivity contribution in [3.8, 4) is 0 Å². The van der Waals surface area contributed by atoms with E-state index in [1.807, 2.05) is 0 Å². The minimum absolute atomic E-state index is 0.162. The standard InChI is InChI=1S/C22H23N/c1-2-9-18-14-16-21(17-15-18)23-22(19-10-5-3-6-11-19)20-12-7-4-8-13-20/h3-8,10-17,22-23H,2,9H2,1H3.